The molecule has 2 N–H and O–H groups in total. The Kier molecular flexibility index (Phi) is 9.81. The van der Waals surface area contributed by atoms with Gasteiger partial charge in [-0.15, -0.1) is 24.0 Å². The highest BCUT2D eigenvalue weighted by Crippen LogP contribution is 2.42. The Labute approximate surface area is 128 Å². The van der Waals surface area contributed by atoms with Crippen molar-refractivity contribution in [2.45, 2.75) is 39.0 Å². The van der Waals surface area contributed by atoms with Crippen LogP contribution in [0.3, 0.4) is 0 Å². The number of hydrogen-bond donors (Lipinski definition) is 2. The molecule has 0 saturated heterocycles. The molecular weight excluding hydrogens is 341 g/mol. The zero-order chi connectivity index (χ0) is 12.6. The van der Waals surface area contributed by atoms with Crippen LogP contribution >= 0.6 is 24.0 Å². The number of aliphatic imine (C=N–C) groups is 1. The molecule has 0 bridgehead atoms. The summed E-state index contributed by atoms with van der Waals surface area (Å²) in [5.41, 5.74) is 0.532. The summed E-state index contributed by atoms with van der Waals surface area (Å²) in [4.78, 5) is 4.24. The van der Waals surface area contributed by atoms with Crippen molar-refractivity contribution >= 4 is 29.9 Å². The predicted octanol–water partition coefficient (Wildman–Crippen LogP) is 2.39. The molecule has 1 aliphatic rings. The van der Waals surface area contributed by atoms with E-state index in [2.05, 4.69) is 22.5 Å². The van der Waals surface area contributed by atoms with Gasteiger partial charge in [0.15, 0.2) is 5.96 Å². The van der Waals surface area contributed by atoms with Crippen molar-refractivity contribution in [2.75, 3.05) is 33.9 Å². The molecule has 0 aromatic rings. The Balaban J connectivity index is 0.00000289. The highest BCUT2D eigenvalue weighted by atomic mass is 127. The maximum atomic E-state index is 5.02. The van der Waals surface area contributed by atoms with Crippen LogP contribution < -0.4 is 10.6 Å². The molecule has 0 atom stereocenters. The maximum Gasteiger partial charge on any atom is 0.190 e. The Hall–Kier alpha value is -0.0400. The molecule has 4 nitrogen and oxygen atoms in total. The van der Waals surface area contributed by atoms with E-state index in [0.717, 1.165) is 32.1 Å². The van der Waals surface area contributed by atoms with Crippen LogP contribution in [0.1, 0.15) is 39.0 Å². The van der Waals surface area contributed by atoms with Crippen LogP contribution in [-0.4, -0.2) is 39.8 Å². The van der Waals surface area contributed by atoms with Gasteiger partial charge in [-0.1, -0.05) is 13.3 Å². The van der Waals surface area contributed by atoms with E-state index >= 15 is 0 Å². The topological polar surface area (TPSA) is 45.7 Å². The predicted molar refractivity (Wildman–Crippen MR) is 87.8 cm³/mol. The third kappa shape index (κ3) is 5.73. The SMILES string of the molecule is CCC1(CNC(=NC)NCCCOC)CCC1.I. The Bertz CT molecular complexity index is 237. The molecule has 0 aromatic carbocycles. The number of nitrogens with one attached hydrogen (secondary N) is 2. The van der Waals surface area contributed by atoms with Gasteiger partial charge in [-0.2, -0.15) is 0 Å². The van der Waals surface area contributed by atoms with Gasteiger partial charge in [0, 0.05) is 33.9 Å². The largest absolute Gasteiger partial charge is 0.385 e. The van der Waals surface area contributed by atoms with Crippen LogP contribution in [0.5, 0.6) is 0 Å². The minimum absolute atomic E-state index is 0. The maximum absolute atomic E-state index is 5.02. The van der Waals surface area contributed by atoms with Crippen LogP contribution in [0, 0.1) is 5.41 Å². The van der Waals surface area contributed by atoms with Crippen molar-refractivity contribution in [1.29, 1.82) is 0 Å². The van der Waals surface area contributed by atoms with Crippen molar-refractivity contribution in [3.05, 3.63) is 0 Å². The van der Waals surface area contributed by atoms with Crippen molar-refractivity contribution in [3.8, 4) is 0 Å². The van der Waals surface area contributed by atoms with Gasteiger partial charge in [0.25, 0.3) is 0 Å². The van der Waals surface area contributed by atoms with Gasteiger partial charge in [-0.25, -0.2) is 0 Å². The third-order valence-electron chi connectivity index (χ3n) is 3.84. The van der Waals surface area contributed by atoms with Crippen LogP contribution in [0.2, 0.25) is 0 Å². The Morgan fingerprint density at radius 1 is 1.33 bits per heavy atom. The first kappa shape index (κ1) is 18.0. The molecule has 1 rings (SSSR count). The summed E-state index contributed by atoms with van der Waals surface area (Å²) in [6, 6.07) is 0. The number of guanidine groups is 1. The van der Waals surface area contributed by atoms with E-state index in [1.54, 1.807) is 7.11 Å². The smallest absolute Gasteiger partial charge is 0.190 e. The zero-order valence-electron chi connectivity index (χ0n) is 11.9. The lowest BCUT2D eigenvalue weighted by molar-refractivity contribution is 0.131. The second-order valence-electron chi connectivity index (χ2n) is 4.91. The average Bonchev–Trinajstić information content (AvgIpc) is 2.31. The summed E-state index contributed by atoms with van der Waals surface area (Å²) >= 11 is 0. The van der Waals surface area contributed by atoms with Crippen LogP contribution in [-0.2, 0) is 4.74 Å². The molecule has 18 heavy (non-hydrogen) atoms. The van der Waals surface area contributed by atoms with E-state index in [0.29, 0.717) is 5.41 Å². The minimum atomic E-state index is 0. The highest BCUT2D eigenvalue weighted by Gasteiger charge is 2.34. The summed E-state index contributed by atoms with van der Waals surface area (Å²) in [6.45, 7) is 5.04. The second-order valence-corrected chi connectivity index (χ2v) is 4.91. The lowest BCUT2D eigenvalue weighted by Crippen LogP contribution is -2.46. The molecule has 0 radical (unpaired) electrons. The lowest BCUT2D eigenvalue weighted by atomic mass is 9.67. The van der Waals surface area contributed by atoms with Gasteiger partial charge in [0.05, 0.1) is 0 Å². The lowest BCUT2D eigenvalue weighted by Gasteiger charge is -2.41. The number of nitrogens with zero attached hydrogens (tertiary/aromatic N) is 1. The molecule has 0 aromatic heterocycles. The van der Waals surface area contributed by atoms with E-state index in [9.17, 15) is 0 Å². The molecule has 1 fully saturated rings. The summed E-state index contributed by atoms with van der Waals surface area (Å²) in [5.74, 6) is 0.917. The van der Waals surface area contributed by atoms with Crippen molar-refractivity contribution in [3.63, 3.8) is 0 Å². The fraction of sp³-hybridized carbons (Fsp3) is 0.923. The number of rotatable bonds is 7. The van der Waals surface area contributed by atoms with E-state index in [1.165, 1.54) is 25.7 Å². The van der Waals surface area contributed by atoms with E-state index in [-0.39, 0.29) is 24.0 Å². The summed E-state index contributed by atoms with van der Waals surface area (Å²) in [6.07, 6.45) is 6.38. The molecule has 0 aliphatic heterocycles. The van der Waals surface area contributed by atoms with Crippen LogP contribution in [0.25, 0.3) is 0 Å². The van der Waals surface area contributed by atoms with Gasteiger partial charge in [0.2, 0.25) is 0 Å². The van der Waals surface area contributed by atoms with E-state index in [4.69, 9.17) is 4.74 Å². The first-order valence-corrected chi connectivity index (χ1v) is 6.70. The van der Waals surface area contributed by atoms with Crippen molar-refractivity contribution < 1.29 is 4.74 Å². The number of ether oxygens (including phenoxy) is 1. The molecule has 108 valence electrons. The van der Waals surface area contributed by atoms with Crippen LogP contribution in [0.15, 0.2) is 4.99 Å². The quantitative estimate of drug-likeness (QED) is 0.314. The molecule has 0 heterocycles. The molecule has 1 saturated carbocycles. The van der Waals surface area contributed by atoms with E-state index < -0.39 is 0 Å². The van der Waals surface area contributed by atoms with Crippen molar-refractivity contribution in [2.24, 2.45) is 10.4 Å². The van der Waals surface area contributed by atoms with Gasteiger partial charge in [-0.3, -0.25) is 4.99 Å². The first-order chi connectivity index (χ1) is 8.26. The number of halogens is 1. The number of hydrogen-bond acceptors (Lipinski definition) is 2. The van der Waals surface area contributed by atoms with Gasteiger partial charge < -0.3 is 15.4 Å². The average molecular weight is 369 g/mol. The molecule has 0 unspecified atom stereocenters. The first-order valence-electron chi connectivity index (χ1n) is 6.70. The summed E-state index contributed by atoms with van der Waals surface area (Å²) in [7, 11) is 3.56. The molecule has 0 spiro atoms. The third-order valence-corrected chi connectivity index (χ3v) is 3.84. The van der Waals surface area contributed by atoms with Gasteiger partial charge in [-0.05, 0) is 31.1 Å². The molecule has 1 aliphatic carbocycles. The summed E-state index contributed by atoms with van der Waals surface area (Å²) in [5, 5.41) is 6.75. The number of methoxy groups -OCH3 is 1. The minimum Gasteiger partial charge on any atom is -0.385 e. The van der Waals surface area contributed by atoms with Gasteiger partial charge in [0.1, 0.15) is 0 Å². The fourth-order valence-corrected chi connectivity index (χ4v) is 2.25. The molecule has 0 amide bonds. The van der Waals surface area contributed by atoms with E-state index in [1.807, 2.05) is 7.05 Å². The fourth-order valence-electron chi connectivity index (χ4n) is 2.25. The Morgan fingerprint density at radius 3 is 2.50 bits per heavy atom. The standard InChI is InChI=1S/C13H27N3O.HI/c1-4-13(7-5-8-13)11-16-12(14-2)15-9-6-10-17-3;/h4-11H2,1-3H3,(H2,14,15,16);1H. The van der Waals surface area contributed by atoms with Gasteiger partial charge >= 0.3 is 0 Å². The highest BCUT2D eigenvalue weighted by molar-refractivity contribution is 14.0. The second kappa shape index (κ2) is 9.83. The summed E-state index contributed by atoms with van der Waals surface area (Å²) < 4.78 is 5.02. The van der Waals surface area contributed by atoms with Crippen molar-refractivity contribution in [1.82, 2.24) is 10.6 Å². The van der Waals surface area contributed by atoms with Crippen LogP contribution in [0.4, 0.5) is 0 Å². The normalized spacial score (nSPS) is 17.6. The Morgan fingerprint density at radius 2 is 2.06 bits per heavy atom. The monoisotopic (exact) mass is 369 g/mol. The molecular formula is C13H28IN3O. The zero-order valence-corrected chi connectivity index (χ0v) is 14.3. The molecule has 5 heteroatoms.